The first kappa shape index (κ1) is 23.2. The smallest absolute Gasteiger partial charge is 0.192 e. The predicted molar refractivity (Wildman–Crippen MR) is 138 cm³/mol. The lowest BCUT2D eigenvalue weighted by molar-refractivity contribution is 0.585. The second kappa shape index (κ2) is 9.60. The second-order valence-electron chi connectivity index (χ2n) is 8.41. The molecule has 0 unspecified atom stereocenters. The first-order valence-electron chi connectivity index (χ1n) is 11.8. The summed E-state index contributed by atoms with van der Waals surface area (Å²) in [4.78, 5) is 14.8. The van der Waals surface area contributed by atoms with E-state index in [4.69, 9.17) is 15.1 Å². The van der Waals surface area contributed by atoms with Crippen molar-refractivity contribution in [3.63, 3.8) is 0 Å². The molecular weight excluding hydrogens is 463 g/mol. The molecule has 0 atom stereocenters. The van der Waals surface area contributed by atoms with Gasteiger partial charge in [-0.05, 0) is 56.7 Å². The van der Waals surface area contributed by atoms with Gasteiger partial charge in [-0.1, -0.05) is 11.3 Å². The number of hydrogen-bond acceptors (Lipinski definition) is 8. The lowest BCUT2D eigenvalue weighted by atomic mass is 10.1. The molecule has 4 heterocycles. The molecule has 3 aromatic heterocycles. The summed E-state index contributed by atoms with van der Waals surface area (Å²) in [5.41, 5.74) is 4.06. The predicted octanol–water partition coefficient (Wildman–Crippen LogP) is 4.46. The van der Waals surface area contributed by atoms with Crippen LogP contribution in [0.1, 0.15) is 24.3 Å². The number of rotatable bonds is 6. The van der Waals surface area contributed by atoms with Crippen LogP contribution >= 0.6 is 11.3 Å². The monoisotopic (exact) mass is 490 g/mol. The zero-order valence-corrected chi connectivity index (χ0v) is 20.9. The number of aryl methyl sites for hydroxylation is 2. The van der Waals surface area contributed by atoms with Gasteiger partial charge in [0.25, 0.3) is 0 Å². The topological polar surface area (TPSA) is 85.9 Å². The number of nitrogens with one attached hydrogen (secondary N) is 1. The minimum atomic E-state index is -0.321. The third-order valence-corrected chi connectivity index (χ3v) is 7.21. The largest absolute Gasteiger partial charge is 0.354 e. The van der Waals surface area contributed by atoms with Crippen molar-refractivity contribution in [3.8, 4) is 17.3 Å². The number of fused-ring (bicyclic) bond motifs is 1. The van der Waals surface area contributed by atoms with Crippen LogP contribution in [0.4, 0.5) is 21.2 Å². The minimum Gasteiger partial charge on any atom is -0.354 e. The molecule has 10 heteroatoms. The molecule has 0 amide bonds. The Balaban J connectivity index is 1.64. The third-order valence-electron chi connectivity index (χ3n) is 6.23. The van der Waals surface area contributed by atoms with Gasteiger partial charge in [-0.25, -0.2) is 19.0 Å². The first-order chi connectivity index (χ1) is 17.0. The van der Waals surface area contributed by atoms with Crippen molar-refractivity contribution in [2.45, 2.75) is 27.3 Å². The average Bonchev–Trinajstić information content (AvgIpc) is 3.48. The molecule has 1 aliphatic heterocycles. The summed E-state index contributed by atoms with van der Waals surface area (Å²) in [7, 11) is 0. The number of pyridine rings is 1. The molecule has 0 aliphatic carbocycles. The van der Waals surface area contributed by atoms with Gasteiger partial charge in [-0.15, -0.1) is 0 Å². The molecule has 1 N–H and O–H groups in total. The van der Waals surface area contributed by atoms with Gasteiger partial charge in [0.15, 0.2) is 10.9 Å². The molecule has 0 radical (unpaired) electrons. The molecule has 1 saturated heterocycles. The Hall–Kier alpha value is -3.55. The van der Waals surface area contributed by atoms with E-state index in [2.05, 4.69) is 48.0 Å². The highest BCUT2D eigenvalue weighted by Crippen LogP contribution is 2.39. The molecule has 35 heavy (non-hydrogen) atoms. The van der Waals surface area contributed by atoms with E-state index in [1.54, 1.807) is 12.1 Å². The van der Waals surface area contributed by atoms with Gasteiger partial charge in [-0.2, -0.15) is 10.4 Å². The van der Waals surface area contributed by atoms with Crippen molar-refractivity contribution in [2.24, 2.45) is 0 Å². The van der Waals surface area contributed by atoms with Crippen LogP contribution in [0.15, 0.2) is 30.3 Å². The van der Waals surface area contributed by atoms with Crippen LogP contribution in [0, 0.1) is 24.1 Å². The van der Waals surface area contributed by atoms with E-state index in [9.17, 15) is 9.65 Å². The van der Waals surface area contributed by atoms with Crippen LogP contribution in [-0.4, -0.2) is 52.5 Å². The number of piperazine rings is 1. The molecule has 1 aliphatic rings. The van der Waals surface area contributed by atoms with E-state index in [-0.39, 0.29) is 5.82 Å². The summed E-state index contributed by atoms with van der Waals surface area (Å²) < 4.78 is 15.4. The van der Waals surface area contributed by atoms with Gasteiger partial charge >= 0.3 is 0 Å². The van der Waals surface area contributed by atoms with Crippen LogP contribution in [0.2, 0.25) is 0 Å². The van der Waals surface area contributed by atoms with Gasteiger partial charge in [0, 0.05) is 44.8 Å². The van der Waals surface area contributed by atoms with E-state index >= 15 is 0 Å². The van der Waals surface area contributed by atoms with Crippen LogP contribution in [0.5, 0.6) is 0 Å². The van der Waals surface area contributed by atoms with Crippen LogP contribution in [0.3, 0.4) is 0 Å². The highest BCUT2D eigenvalue weighted by molar-refractivity contribution is 7.16. The van der Waals surface area contributed by atoms with Crippen molar-refractivity contribution in [3.05, 3.63) is 46.6 Å². The number of thiazole rings is 1. The fourth-order valence-corrected chi connectivity index (χ4v) is 5.39. The number of nitriles is 1. The number of nitrogens with zero attached hydrogens (tertiary/aromatic N) is 7. The first-order valence-corrected chi connectivity index (χ1v) is 12.6. The van der Waals surface area contributed by atoms with Gasteiger partial charge in [0.1, 0.15) is 39.3 Å². The summed E-state index contributed by atoms with van der Waals surface area (Å²) in [5.74, 6) is 1.50. The van der Waals surface area contributed by atoms with Crippen LogP contribution < -0.4 is 15.1 Å². The van der Waals surface area contributed by atoms with E-state index in [1.807, 2.05) is 4.68 Å². The zero-order valence-electron chi connectivity index (χ0n) is 20.0. The maximum Gasteiger partial charge on any atom is 0.192 e. The lowest BCUT2D eigenvalue weighted by Crippen LogP contribution is -2.43. The van der Waals surface area contributed by atoms with Gasteiger partial charge in [-0.3, -0.25) is 0 Å². The Bertz CT molecular complexity index is 1400. The highest BCUT2D eigenvalue weighted by atomic mass is 32.1. The molecule has 4 aromatic rings. The molecule has 1 aromatic carbocycles. The number of anilines is 3. The average molecular weight is 491 g/mol. The maximum absolute atomic E-state index is 13.5. The zero-order chi connectivity index (χ0) is 24.5. The molecule has 0 bridgehead atoms. The van der Waals surface area contributed by atoms with Crippen molar-refractivity contribution in [1.29, 1.82) is 5.26 Å². The third kappa shape index (κ3) is 4.22. The van der Waals surface area contributed by atoms with Crippen LogP contribution in [0.25, 0.3) is 22.3 Å². The number of halogens is 1. The summed E-state index contributed by atoms with van der Waals surface area (Å²) in [5, 5.41) is 18.8. The van der Waals surface area contributed by atoms with E-state index < -0.39 is 0 Å². The van der Waals surface area contributed by atoms with E-state index in [0.29, 0.717) is 34.4 Å². The van der Waals surface area contributed by atoms with E-state index in [1.165, 1.54) is 23.5 Å². The summed E-state index contributed by atoms with van der Waals surface area (Å²) in [6.45, 7) is 11.2. The minimum absolute atomic E-state index is 0.321. The van der Waals surface area contributed by atoms with Crippen molar-refractivity contribution in [1.82, 2.24) is 25.1 Å². The van der Waals surface area contributed by atoms with Crippen LogP contribution in [-0.2, 0) is 6.54 Å². The Kier molecular flexibility index (Phi) is 6.36. The fraction of sp³-hybridized carbons (Fsp3) is 0.360. The molecule has 0 spiro atoms. The Labute approximate surface area is 207 Å². The quantitative estimate of drug-likeness (QED) is 0.427. The highest BCUT2D eigenvalue weighted by Gasteiger charge is 2.26. The normalized spacial score (nSPS) is 13.9. The molecule has 1 fully saturated rings. The van der Waals surface area contributed by atoms with Crippen molar-refractivity contribution in [2.75, 3.05) is 42.5 Å². The lowest BCUT2D eigenvalue weighted by Gasteiger charge is -2.29. The number of benzene rings is 1. The van der Waals surface area contributed by atoms with Gasteiger partial charge in [0.2, 0.25) is 0 Å². The molecule has 180 valence electrons. The van der Waals surface area contributed by atoms with E-state index in [0.717, 1.165) is 54.4 Å². The maximum atomic E-state index is 13.5. The van der Waals surface area contributed by atoms with Gasteiger partial charge in [0.05, 0.1) is 0 Å². The SMILES string of the molecule is CCN(c1nc(-c2ccc(F)cc2)c(C#N)s1)c1c2nc(N3CCNCC3)cc(C)c2nn1CC. The summed E-state index contributed by atoms with van der Waals surface area (Å²) in [6.07, 6.45) is 0. The summed E-state index contributed by atoms with van der Waals surface area (Å²) >= 11 is 1.33. The molecule has 0 saturated carbocycles. The van der Waals surface area contributed by atoms with Crippen molar-refractivity contribution >= 4 is 39.1 Å². The molecule has 5 rings (SSSR count). The molecular formula is C25H27FN8S. The Morgan fingerprint density at radius 3 is 2.54 bits per heavy atom. The molecule has 8 nitrogen and oxygen atoms in total. The number of aromatic nitrogens is 4. The Morgan fingerprint density at radius 1 is 1.14 bits per heavy atom. The standard InChI is InChI=1S/C25H27FN8S/c1-4-33(25-30-22(19(15-27)35-25)17-6-8-18(26)9-7-17)24-23-21(31-34(24)5-2)16(3)14-20(29-23)32-12-10-28-11-13-32/h6-9,14,28H,4-5,10-13H2,1-3H3. The van der Waals surface area contributed by atoms with Gasteiger partial charge < -0.3 is 15.1 Å². The summed E-state index contributed by atoms with van der Waals surface area (Å²) in [6, 6.07) is 10.5. The Morgan fingerprint density at radius 2 is 1.89 bits per heavy atom. The van der Waals surface area contributed by atoms with Crippen molar-refractivity contribution < 1.29 is 4.39 Å². The number of hydrogen-bond donors (Lipinski definition) is 1. The second-order valence-corrected chi connectivity index (χ2v) is 9.39. The fourth-order valence-electron chi connectivity index (χ4n) is 4.44.